The molecular weight excluding hydrogens is 380 g/mol. The highest BCUT2D eigenvalue weighted by Crippen LogP contribution is 2.22. The van der Waals surface area contributed by atoms with Crippen LogP contribution in [0.1, 0.15) is 15.9 Å². The number of benzene rings is 2. The number of aromatic nitrogens is 3. The highest BCUT2D eigenvalue weighted by Gasteiger charge is 2.23. The third-order valence-electron chi connectivity index (χ3n) is 4.90. The quantitative estimate of drug-likeness (QED) is 0.538. The van der Waals surface area contributed by atoms with Crippen LogP contribution < -0.4 is 15.6 Å². The van der Waals surface area contributed by atoms with Crippen LogP contribution in [0.15, 0.2) is 71.8 Å². The van der Waals surface area contributed by atoms with Crippen LogP contribution in [0.3, 0.4) is 0 Å². The van der Waals surface area contributed by atoms with Gasteiger partial charge in [0.25, 0.3) is 11.5 Å². The molecular formula is C23H22N4O3. The van der Waals surface area contributed by atoms with E-state index in [1.807, 2.05) is 54.6 Å². The molecule has 30 heavy (non-hydrogen) atoms. The number of amides is 1. The Kier molecular flexibility index (Phi) is 5.34. The van der Waals surface area contributed by atoms with E-state index in [1.165, 1.54) is 4.68 Å². The first kappa shape index (κ1) is 19.4. The lowest BCUT2D eigenvalue weighted by molar-refractivity contribution is 0.0953. The molecule has 2 heterocycles. The average molecular weight is 402 g/mol. The van der Waals surface area contributed by atoms with Gasteiger partial charge in [-0.15, -0.1) is 0 Å². The van der Waals surface area contributed by atoms with Crippen LogP contribution in [0, 0.1) is 0 Å². The van der Waals surface area contributed by atoms with Crippen LogP contribution >= 0.6 is 0 Å². The molecule has 0 atom stereocenters. The van der Waals surface area contributed by atoms with Crippen molar-refractivity contribution >= 4 is 5.91 Å². The third kappa shape index (κ3) is 3.82. The van der Waals surface area contributed by atoms with Gasteiger partial charge in [-0.1, -0.05) is 30.3 Å². The van der Waals surface area contributed by atoms with Crippen LogP contribution in [0.2, 0.25) is 0 Å². The van der Waals surface area contributed by atoms with E-state index in [9.17, 15) is 9.59 Å². The highest BCUT2D eigenvalue weighted by molar-refractivity contribution is 5.99. The lowest BCUT2D eigenvalue weighted by Crippen LogP contribution is -2.27. The van der Waals surface area contributed by atoms with E-state index in [1.54, 1.807) is 31.1 Å². The number of carbonyl (C=O) groups excluding carboxylic acids is 1. The normalized spacial score (nSPS) is 10.9. The maximum Gasteiger partial charge on any atom is 0.282 e. The fourth-order valence-electron chi connectivity index (χ4n) is 3.35. The van der Waals surface area contributed by atoms with Crippen LogP contribution in [0.5, 0.6) is 5.75 Å². The van der Waals surface area contributed by atoms with Crippen molar-refractivity contribution in [1.82, 2.24) is 19.7 Å². The van der Waals surface area contributed by atoms with Crippen molar-refractivity contribution < 1.29 is 9.53 Å². The first-order valence-corrected chi connectivity index (χ1v) is 9.62. The number of methoxy groups -OCH3 is 1. The number of fused-ring (bicyclic) bond motifs is 1. The lowest BCUT2D eigenvalue weighted by atomic mass is 10.1. The highest BCUT2D eigenvalue weighted by atomic mass is 16.5. The predicted octanol–water partition coefficient (Wildman–Crippen LogP) is 2.66. The molecule has 0 unspecified atom stereocenters. The SMILES string of the molecule is COc1ccc(CCNC(=O)c2cn(C)cc3c(=O)n(-c4ccccc4)nc2-3)cc1. The second-order valence-corrected chi connectivity index (χ2v) is 7.01. The molecule has 2 aromatic carbocycles. The van der Waals surface area contributed by atoms with E-state index in [2.05, 4.69) is 10.4 Å². The van der Waals surface area contributed by atoms with Gasteiger partial charge in [0.15, 0.2) is 0 Å². The fraction of sp³-hybridized carbons (Fsp3) is 0.174. The third-order valence-corrected chi connectivity index (χ3v) is 4.90. The summed E-state index contributed by atoms with van der Waals surface area (Å²) in [5, 5.41) is 7.38. The molecule has 0 aromatic heterocycles. The van der Waals surface area contributed by atoms with Crippen LogP contribution in [-0.4, -0.2) is 33.9 Å². The summed E-state index contributed by atoms with van der Waals surface area (Å²) in [6, 6.07) is 16.9. The van der Waals surface area contributed by atoms with Gasteiger partial charge < -0.3 is 14.6 Å². The Bertz CT molecular complexity index is 1190. The van der Waals surface area contributed by atoms with Gasteiger partial charge in [0.05, 0.1) is 23.9 Å². The summed E-state index contributed by atoms with van der Waals surface area (Å²) in [6.45, 7) is 0.467. The number of nitrogens with zero attached hydrogens (tertiary/aromatic N) is 3. The molecule has 7 nitrogen and oxygen atoms in total. The van der Waals surface area contributed by atoms with Gasteiger partial charge >= 0.3 is 0 Å². The van der Waals surface area contributed by atoms with Gasteiger partial charge in [-0.05, 0) is 36.2 Å². The number of ether oxygens (including phenoxy) is 1. The summed E-state index contributed by atoms with van der Waals surface area (Å²) < 4.78 is 8.20. The largest absolute Gasteiger partial charge is 0.497 e. The zero-order valence-electron chi connectivity index (χ0n) is 16.8. The molecule has 4 rings (SSSR count). The molecule has 0 saturated heterocycles. The molecule has 1 N–H and O–H groups in total. The van der Waals surface area contributed by atoms with Crippen LogP contribution in [-0.2, 0) is 13.5 Å². The van der Waals surface area contributed by atoms with Crippen molar-refractivity contribution in [3.8, 4) is 22.7 Å². The molecule has 1 amide bonds. The Balaban J connectivity index is 1.56. The molecule has 0 saturated carbocycles. The molecule has 0 aliphatic carbocycles. The second kappa shape index (κ2) is 8.24. The van der Waals surface area contributed by atoms with Crippen molar-refractivity contribution in [2.45, 2.75) is 6.42 Å². The van der Waals surface area contributed by atoms with Gasteiger partial charge in [-0.2, -0.15) is 9.78 Å². The molecule has 152 valence electrons. The standard InChI is InChI=1S/C23H22N4O3/c1-26-14-19(22(28)24-13-12-16-8-10-18(30-2)11-9-16)21-20(15-26)23(29)27(25-21)17-6-4-3-5-7-17/h3-11,14-15H,12-13H2,1-2H3,(H,24,28). The molecule has 0 bridgehead atoms. The van der Waals surface area contributed by atoms with E-state index in [0.29, 0.717) is 35.5 Å². The van der Waals surface area contributed by atoms with Gasteiger partial charge in [0, 0.05) is 26.0 Å². The number of rotatable bonds is 6. The maximum absolute atomic E-state index is 12.9. The minimum Gasteiger partial charge on any atom is -0.497 e. The molecule has 2 aliphatic heterocycles. The zero-order chi connectivity index (χ0) is 21.1. The number of nitrogens with one attached hydrogen (secondary N) is 1. The van der Waals surface area contributed by atoms with Crippen molar-refractivity contribution in [3.63, 3.8) is 0 Å². The monoisotopic (exact) mass is 402 g/mol. The summed E-state index contributed by atoms with van der Waals surface area (Å²) in [4.78, 5) is 25.7. The van der Waals surface area contributed by atoms with E-state index in [0.717, 1.165) is 11.3 Å². The number of carbonyl (C=O) groups is 1. The fourth-order valence-corrected chi connectivity index (χ4v) is 3.35. The van der Waals surface area contributed by atoms with E-state index in [-0.39, 0.29) is 11.5 Å². The number of hydrogen-bond acceptors (Lipinski definition) is 4. The minimum atomic E-state index is -0.262. The van der Waals surface area contributed by atoms with Crippen LogP contribution in [0.25, 0.3) is 16.9 Å². The van der Waals surface area contributed by atoms with Crippen molar-refractivity contribution in [3.05, 3.63) is 88.5 Å². The Morgan fingerprint density at radius 1 is 1.07 bits per heavy atom. The van der Waals surface area contributed by atoms with E-state index in [4.69, 9.17) is 4.74 Å². The smallest absolute Gasteiger partial charge is 0.282 e. The second-order valence-electron chi connectivity index (χ2n) is 7.01. The number of para-hydroxylation sites is 1. The Hall–Kier alpha value is -3.87. The molecule has 2 aliphatic rings. The number of pyridine rings is 1. The molecule has 0 spiro atoms. The van der Waals surface area contributed by atoms with E-state index >= 15 is 0 Å². The van der Waals surface area contributed by atoms with Crippen LogP contribution in [0.4, 0.5) is 0 Å². The summed E-state index contributed by atoms with van der Waals surface area (Å²) >= 11 is 0. The molecule has 0 radical (unpaired) electrons. The van der Waals surface area contributed by atoms with E-state index < -0.39 is 0 Å². The van der Waals surface area contributed by atoms with Gasteiger partial charge in [0.1, 0.15) is 11.4 Å². The molecule has 0 fully saturated rings. The number of aryl methyl sites for hydroxylation is 1. The number of hydrogen-bond donors (Lipinski definition) is 1. The lowest BCUT2D eigenvalue weighted by Gasteiger charge is -2.10. The first-order chi connectivity index (χ1) is 14.6. The predicted molar refractivity (Wildman–Crippen MR) is 114 cm³/mol. The first-order valence-electron chi connectivity index (χ1n) is 9.62. The molecule has 7 heteroatoms. The average Bonchev–Trinajstić information content (AvgIpc) is 3.10. The van der Waals surface area contributed by atoms with Crippen molar-refractivity contribution in [1.29, 1.82) is 0 Å². The zero-order valence-corrected chi connectivity index (χ0v) is 16.8. The summed E-state index contributed by atoms with van der Waals surface area (Å²) in [5.74, 6) is 0.534. The Labute approximate surface area is 173 Å². The van der Waals surface area contributed by atoms with Crippen molar-refractivity contribution in [2.24, 2.45) is 7.05 Å². The minimum absolute atomic E-state index is 0.250. The Morgan fingerprint density at radius 3 is 2.50 bits per heavy atom. The molecule has 2 aromatic rings. The van der Waals surface area contributed by atoms with Gasteiger partial charge in [0.2, 0.25) is 0 Å². The summed E-state index contributed by atoms with van der Waals surface area (Å²) in [7, 11) is 3.41. The Morgan fingerprint density at radius 2 is 1.80 bits per heavy atom. The summed E-state index contributed by atoms with van der Waals surface area (Å²) in [5.41, 5.74) is 2.67. The van der Waals surface area contributed by atoms with Gasteiger partial charge in [-0.3, -0.25) is 9.59 Å². The summed E-state index contributed by atoms with van der Waals surface area (Å²) in [6.07, 6.45) is 4.06. The van der Waals surface area contributed by atoms with Crippen molar-refractivity contribution in [2.75, 3.05) is 13.7 Å². The maximum atomic E-state index is 12.9. The topological polar surface area (TPSA) is 78.1 Å². The van der Waals surface area contributed by atoms with Gasteiger partial charge in [-0.25, -0.2) is 0 Å².